The zero-order valence-corrected chi connectivity index (χ0v) is 13.7. The summed E-state index contributed by atoms with van der Waals surface area (Å²) in [6, 6.07) is 20.7. The fraction of sp³-hybridized carbons (Fsp3) is 0.0476. The fourth-order valence-corrected chi connectivity index (χ4v) is 2.44. The van der Waals surface area contributed by atoms with E-state index in [4.69, 9.17) is 0 Å². The van der Waals surface area contributed by atoms with Crippen LogP contribution in [0.25, 0.3) is 16.8 Å². The molecule has 0 atom stereocenters. The molecule has 124 valence electrons. The summed E-state index contributed by atoms with van der Waals surface area (Å²) in [5.74, 6) is -0.572. The second-order valence-electron chi connectivity index (χ2n) is 5.49. The van der Waals surface area contributed by atoms with Gasteiger partial charge in [0.05, 0.1) is 7.11 Å². The van der Waals surface area contributed by atoms with Gasteiger partial charge in [0.25, 0.3) is 5.91 Å². The van der Waals surface area contributed by atoms with Crippen molar-refractivity contribution in [3.05, 3.63) is 83.9 Å². The summed E-state index contributed by atoms with van der Waals surface area (Å²) in [5.41, 5.74) is 2.14. The highest BCUT2D eigenvalue weighted by Crippen LogP contribution is 2.17. The molecule has 0 aliphatic heterocycles. The summed E-state index contributed by atoms with van der Waals surface area (Å²) in [6.07, 6.45) is 3.00. The number of methoxy groups -OCH3 is 1. The van der Waals surface area contributed by atoms with Gasteiger partial charge in [0, 0.05) is 17.3 Å². The van der Waals surface area contributed by atoms with Crippen LogP contribution in [0.3, 0.4) is 0 Å². The zero-order valence-electron chi connectivity index (χ0n) is 13.7. The lowest BCUT2D eigenvalue weighted by atomic mass is 10.1. The third kappa shape index (κ3) is 4.12. The van der Waals surface area contributed by atoms with Gasteiger partial charge in [-0.1, -0.05) is 42.5 Å². The van der Waals surface area contributed by atoms with Crippen LogP contribution in [-0.2, 0) is 9.53 Å². The highest BCUT2D eigenvalue weighted by molar-refractivity contribution is 6.06. The summed E-state index contributed by atoms with van der Waals surface area (Å²) in [7, 11) is 1.33. The Balaban J connectivity index is 1.71. The number of nitrogens with one attached hydrogen (secondary N) is 1. The van der Waals surface area contributed by atoms with Crippen LogP contribution in [0.5, 0.6) is 0 Å². The first kappa shape index (κ1) is 16.5. The van der Waals surface area contributed by atoms with E-state index >= 15 is 0 Å². The zero-order chi connectivity index (χ0) is 17.6. The highest BCUT2D eigenvalue weighted by atomic mass is 16.5. The lowest BCUT2D eigenvalue weighted by Crippen LogP contribution is -2.11. The van der Waals surface area contributed by atoms with E-state index in [-0.39, 0.29) is 5.91 Å². The second-order valence-corrected chi connectivity index (χ2v) is 5.49. The Bertz CT molecular complexity index is 943. The van der Waals surface area contributed by atoms with Crippen molar-refractivity contribution >= 4 is 34.4 Å². The summed E-state index contributed by atoms with van der Waals surface area (Å²) >= 11 is 0. The van der Waals surface area contributed by atoms with Crippen LogP contribution < -0.4 is 5.32 Å². The molecule has 0 heterocycles. The number of hydrogen-bond donors (Lipinski definition) is 1. The van der Waals surface area contributed by atoms with Gasteiger partial charge in [-0.2, -0.15) is 0 Å². The van der Waals surface area contributed by atoms with E-state index in [0.29, 0.717) is 11.3 Å². The number of rotatable bonds is 4. The van der Waals surface area contributed by atoms with Crippen molar-refractivity contribution in [2.24, 2.45) is 0 Å². The van der Waals surface area contributed by atoms with Gasteiger partial charge in [-0.05, 0) is 46.7 Å². The average Bonchev–Trinajstić information content (AvgIpc) is 2.66. The largest absolute Gasteiger partial charge is 0.466 e. The number of esters is 1. The van der Waals surface area contributed by atoms with Crippen LogP contribution in [-0.4, -0.2) is 19.0 Å². The quantitative estimate of drug-likeness (QED) is 0.573. The number of carbonyl (C=O) groups is 2. The monoisotopic (exact) mass is 331 g/mol. The second kappa shape index (κ2) is 7.45. The molecule has 0 fully saturated rings. The number of fused-ring (bicyclic) bond motifs is 1. The molecule has 25 heavy (non-hydrogen) atoms. The van der Waals surface area contributed by atoms with E-state index in [0.717, 1.165) is 16.3 Å². The molecular weight excluding hydrogens is 314 g/mol. The van der Waals surface area contributed by atoms with Crippen LogP contribution in [0.15, 0.2) is 72.8 Å². The Morgan fingerprint density at radius 1 is 0.920 bits per heavy atom. The Morgan fingerprint density at radius 2 is 1.64 bits per heavy atom. The van der Waals surface area contributed by atoms with Gasteiger partial charge in [0.15, 0.2) is 0 Å². The van der Waals surface area contributed by atoms with E-state index in [9.17, 15) is 9.59 Å². The minimum Gasteiger partial charge on any atom is -0.466 e. The van der Waals surface area contributed by atoms with Crippen molar-refractivity contribution in [1.29, 1.82) is 0 Å². The Labute approximate surface area is 145 Å². The van der Waals surface area contributed by atoms with Gasteiger partial charge in [0.2, 0.25) is 0 Å². The molecule has 4 nitrogen and oxygen atoms in total. The Morgan fingerprint density at radius 3 is 2.36 bits per heavy atom. The molecule has 0 spiro atoms. The maximum Gasteiger partial charge on any atom is 0.330 e. The van der Waals surface area contributed by atoms with Crippen molar-refractivity contribution in [3.8, 4) is 0 Å². The minimum absolute atomic E-state index is 0.163. The van der Waals surface area contributed by atoms with Crippen LogP contribution in [0, 0.1) is 0 Å². The van der Waals surface area contributed by atoms with Crippen LogP contribution in [0.4, 0.5) is 5.69 Å². The molecule has 0 aliphatic rings. The molecule has 0 unspecified atom stereocenters. The molecule has 0 bridgehead atoms. The molecule has 0 aromatic heterocycles. The highest BCUT2D eigenvalue weighted by Gasteiger charge is 2.06. The summed E-state index contributed by atoms with van der Waals surface area (Å²) in [5, 5.41) is 5.00. The maximum absolute atomic E-state index is 12.4. The minimum atomic E-state index is -0.409. The molecule has 0 aliphatic carbocycles. The third-order valence-corrected chi connectivity index (χ3v) is 3.79. The third-order valence-electron chi connectivity index (χ3n) is 3.79. The SMILES string of the molecule is COC(=O)/C=C/c1ccc(NC(=O)c2ccc3ccccc3c2)cc1. The van der Waals surface area contributed by atoms with Crippen molar-refractivity contribution in [2.75, 3.05) is 12.4 Å². The molecule has 3 rings (SSSR count). The topological polar surface area (TPSA) is 55.4 Å². The van der Waals surface area contributed by atoms with Gasteiger partial charge in [-0.25, -0.2) is 4.79 Å². The molecule has 0 radical (unpaired) electrons. The Kier molecular flexibility index (Phi) is 4.90. The van der Waals surface area contributed by atoms with Crippen molar-refractivity contribution in [2.45, 2.75) is 0 Å². The van der Waals surface area contributed by atoms with Crippen LogP contribution in [0.2, 0.25) is 0 Å². The molecule has 0 saturated heterocycles. The van der Waals surface area contributed by atoms with Crippen molar-refractivity contribution < 1.29 is 14.3 Å². The number of benzene rings is 3. The van der Waals surface area contributed by atoms with Gasteiger partial charge >= 0.3 is 5.97 Å². The lowest BCUT2D eigenvalue weighted by molar-refractivity contribution is -0.134. The van der Waals surface area contributed by atoms with Crippen LogP contribution in [0.1, 0.15) is 15.9 Å². The molecule has 3 aromatic carbocycles. The first-order chi connectivity index (χ1) is 12.2. The number of anilines is 1. The fourth-order valence-electron chi connectivity index (χ4n) is 2.44. The maximum atomic E-state index is 12.4. The van der Waals surface area contributed by atoms with Crippen LogP contribution >= 0.6 is 0 Å². The van der Waals surface area contributed by atoms with Crippen molar-refractivity contribution in [1.82, 2.24) is 0 Å². The number of ether oxygens (including phenoxy) is 1. The first-order valence-electron chi connectivity index (χ1n) is 7.82. The average molecular weight is 331 g/mol. The predicted molar refractivity (Wildman–Crippen MR) is 99.4 cm³/mol. The van der Waals surface area contributed by atoms with E-state index in [1.807, 2.05) is 54.6 Å². The first-order valence-corrected chi connectivity index (χ1v) is 7.82. The molecule has 3 aromatic rings. The number of amides is 1. The van der Waals surface area contributed by atoms with E-state index < -0.39 is 5.97 Å². The molecule has 0 saturated carbocycles. The molecule has 1 N–H and O–H groups in total. The normalized spacial score (nSPS) is 10.8. The predicted octanol–water partition coefficient (Wildman–Crippen LogP) is 4.28. The summed E-state index contributed by atoms with van der Waals surface area (Å²) < 4.78 is 4.55. The van der Waals surface area contributed by atoms with Gasteiger partial charge in [0.1, 0.15) is 0 Å². The molecular formula is C21H17NO3. The number of carbonyl (C=O) groups excluding carboxylic acids is 2. The smallest absolute Gasteiger partial charge is 0.330 e. The standard InChI is InChI=1S/C21H17NO3/c1-25-20(23)13-8-15-6-11-19(12-7-15)22-21(24)18-10-9-16-4-2-3-5-17(16)14-18/h2-14H,1H3,(H,22,24)/b13-8+. The summed E-state index contributed by atoms with van der Waals surface area (Å²) in [4.78, 5) is 23.5. The van der Waals surface area contributed by atoms with E-state index in [1.54, 1.807) is 18.2 Å². The number of hydrogen-bond acceptors (Lipinski definition) is 3. The lowest BCUT2D eigenvalue weighted by Gasteiger charge is -2.07. The van der Waals surface area contributed by atoms with E-state index in [2.05, 4.69) is 10.1 Å². The van der Waals surface area contributed by atoms with Gasteiger partial charge in [-0.3, -0.25) is 4.79 Å². The Hall–Kier alpha value is -3.40. The van der Waals surface area contributed by atoms with Crippen molar-refractivity contribution in [3.63, 3.8) is 0 Å². The van der Waals surface area contributed by atoms with Gasteiger partial charge < -0.3 is 10.1 Å². The van der Waals surface area contributed by atoms with Gasteiger partial charge in [-0.15, -0.1) is 0 Å². The van der Waals surface area contributed by atoms with E-state index in [1.165, 1.54) is 13.2 Å². The molecule has 1 amide bonds. The molecule has 4 heteroatoms. The summed E-state index contributed by atoms with van der Waals surface area (Å²) in [6.45, 7) is 0.